The van der Waals surface area contributed by atoms with Crippen LogP contribution in [0.5, 0.6) is 0 Å². The lowest BCUT2D eigenvalue weighted by Gasteiger charge is -2.11. The van der Waals surface area contributed by atoms with E-state index in [9.17, 15) is 14.7 Å². The van der Waals surface area contributed by atoms with Crippen LogP contribution in [0.1, 0.15) is 76.2 Å². The summed E-state index contributed by atoms with van der Waals surface area (Å²) >= 11 is 0. The average Bonchev–Trinajstić information content (AvgIpc) is 3.41. The molecule has 4 rings (SSSR count). The largest absolute Gasteiger partial charge is 0.478 e. The first-order valence-electron chi connectivity index (χ1n) is 9.30. The summed E-state index contributed by atoms with van der Waals surface area (Å²) in [4.78, 5) is 29.0. The van der Waals surface area contributed by atoms with Gasteiger partial charge in [0, 0.05) is 17.3 Å². The Balaban J connectivity index is 1.79. The van der Waals surface area contributed by atoms with Crippen LogP contribution in [0, 0.1) is 6.92 Å². The lowest BCUT2D eigenvalue weighted by atomic mass is 10.0. The van der Waals surface area contributed by atoms with Gasteiger partial charge in [-0.1, -0.05) is 25.1 Å². The minimum atomic E-state index is -1.04. The van der Waals surface area contributed by atoms with Gasteiger partial charge in [0.05, 0.1) is 22.2 Å². The summed E-state index contributed by atoms with van der Waals surface area (Å²) in [7, 11) is 0. The third kappa shape index (κ3) is 3.24. The molecule has 0 saturated heterocycles. The molecule has 144 valence electrons. The first-order chi connectivity index (χ1) is 13.3. The van der Waals surface area contributed by atoms with Crippen molar-refractivity contribution in [1.29, 1.82) is 0 Å². The molecule has 0 unspecified atom stereocenters. The van der Waals surface area contributed by atoms with Gasteiger partial charge in [-0.15, -0.1) is 0 Å². The van der Waals surface area contributed by atoms with Gasteiger partial charge in [0.25, 0.3) is 11.6 Å². The van der Waals surface area contributed by atoms with Crippen molar-refractivity contribution >= 4 is 28.7 Å². The van der Waals surface area contributed by atoms with E-state index in [1.165, 1.54) is 12.1 Å². The van der Waals surface area contributed by atoms with Gasteiger partial charge in [0.2, 0.25) is 0 Å². The number of nitrogens with zero attached hydrogens (tertiary/aromatic N) is 2. The van der Waals surface area contributed by atoms with Crippen molar-refractivity contribution in [2.45, 2.75) is 45.4 Å². The zero-order valence-corrected chi connectivity index (χ0v) is 15.9. The fourth-order valence-electron chi connectivity index (χ4n) is 3.23. The maximum absolute atomic E-state index is 13.2. The summed E-state index contributed by atoms with van der Waals surface area (Å²) in [6.45, 7) is 5.78. The topological polar surface area (TPSA) is 105 Å². The van der Waals surface area contributed by atoms with Crippen LogP contribution in [0.15, 0.2) is 28.8 Å². The van der Waals surface area contributed by atoms with E-state index in [-0.39, 0.29) is 17.4 Å². The molecule has 1 aliphatic carbocycles. The molecule has 2 aromatic heterocycles. The van der Waals surface area contributed by atoms with Crippen LogP contribution in [-0.2, 0) is 0 Å². The highest BCUT2D eigenvalue weighted by Crippen LogP contribution is 2.41. The highest BCUT2D eigenvalue weighted by Gasteiger charge is 2.29. The number of aryl methyl sites for hydroxylation is 1. The number of hydrogen-bond acceptors (Lipinski definition) is 5. The molecule has 2 N–H and O–H groups in total. The molecule has 7 nitrogen and oxygen atoms in total. The Morgan fingerprint density at radius 1 is 1.25 bits per heavy atom. The summed E-state index contributed by atoms with van der Waals surface area (Å²) in [6, 6.07) is 6.47. The average molecular weight is 379 g/mol. The lowest BCUT2D eigenvalue weighted by molar-refractivity contribution is 0.0696. The Morgan fingerprint density at radius 2 is 2.00 bits per heavy atom. The Labute approximate surface area is 161 Å². The number of aromatic nitrogens is 2. The highest BCUT2D eigenvalue weighted by atomic mass is 16.5. The Hall–Kier alpha value is -3.22. The summed E-state index contributed by atoms with van der Waals surface area (Å²) in [5.41, 5.74) is 3.70. The predicted octanol–water partition coefficient (Wildman–Crippen LogP) is 4.48. The standard InChI is InChI=1S/C21H21N3O4/c1-10(2)18-17-14(9-16(12-6-7-12)23-20(17)28-24-18)19(25)22-15-8-13(21(26)27)5-4-11(15)3/h4-5,8-10,12H,6-7H2,1-3H3,(H,22,25)(H,26,27). The molecule has 3 aromatic rings. The van der Waals surface area contributed by atoms with Crippen molar-refractivity contribution < 1.29 is 19.2 Å². The zero-order valence-electron chi connectivity index (χ0n) is 15.9. The second kappa shape index (κ2) is 6.74. The number of carbonyl (C=O) groups excluding carboxylic acids is 1. The van der Waals surface area contributed by atoms with Crippen molar-refractivity contribution in [3.63, 3.8) is 0 Å². The number of hydrogen-bond donors (Lipinski definition) is 2. The molecule has 7 heteroatoms. The maximum Gasteiger partial charge on any atom is 0.335 e. The molecule has 0 radical (unpaired) electrons. The SMILES string of the molecule is Cc1ccc(C(=O)O)cc1NC(=O)c1cc(C2CC2)nc2onc(C(C)C)c12. The van der Waals surface area contributed by atoms with Gasteiger partial charge in [-0.25, -0.2) is 9.78 Å². The molecule has 1 fully saturated rings. The molecule has 0 atom stereocenters. The minimum absolute atomic E-state index is 0.0680. The van der Waals surface area contributed by atoms with Crippen LogP contribution in [0.2, 0.25) is 0 Å². The van der Waals surface area contributed by atoms with Crippen LogP contribution in [0.3, 0.4) is 0 Å². The fraction of sp³-hybridized carbons (Fsp3) is 0.333. The summed E-state index contributed by atoms with van der Waals surface area (Å²) < 4.78 is 5.43. The first kappa shape index (κ1) is 18.2. The van der Waals surface area contributed by atoms with Crippen molar-refractivity contribution in [3.8, 4) is 0 Å². The highest BCUT2D eigenvalue weighted by molar-refractivity contribution is 6.13. The number of benzene rings is 1. The van der Waals surface area contributed by atoms with E-state index in [1.54, 1.807) is 6.07 Å². The number of carbonyl (C=O) groups is 2. The summed E-state index contributed by atoms with van der Waals surface area (Å²) in [6.07, 6.45) is 2.09. The van der Waals surface area contributed by atoms with E-state index in [0.717, 1.165) is 24.1 Å². The molecule has 0 bridgehead atoms. The smallest absolute Gasteiger partial charge is 0.335 e. The monoisotopic (exact) mass is 379 g/mol. The molecular weight excluding hydrogens is 358 g/mol. The number of pyridine rings is 1. The van der Waals surface area contributed by atoms with Gasteiger partial charge in [-0.2, -0.15) is 0 Å². The molecule has 0 aliphatic heterocycles. The van der Waals surface area contributed by atoms with Gasteiger partial charge >= 0.3 is 5.97 Å². The minimum Gasteiger partial charge on any atom is -0.478 e. The number of aromatic carboxylic acids is 1. The molecule has 1 amide bonds. The number of carboxylic acids is 1. The second-order valence-electron chi connectivity index (χ2n) is 7.56. The van der Waals surface area contributed by atoms with Gasteiger partial charge in [-0.3, -0.25) is 4.79 Å². The van der Waals surface area contributed by atoms with Crippen molar-refractivity contribution in [2.24, 2.45) is 0 Å². The Morgan fingerprint density at radius 3 is 2.64 bits per heavy atom. The van der Waals surface area contributed by atoms with E-state index in [4.69, 9.17) is 4.52 Å². The fourth-order valence-corrected chi connectivity index (χ4v) is 3.23. The van der Waals surface area contributed by atoms with E-state index < -0.39 is 5.97 Å². The van der Waals surface area contributed by atoms with Gasteiger partial charge < -0.3 is 14.9 Å². The van der Waals surface area contributed by atoms with Crippen LogP contribution in [-0.4, -0.2) is 27.1 Å². The van der Waals surface area contributed by atoms with Crippen LogP contribution in [0.25, 0.3) is 11.1 Å². The molecule has 28 heavy (non-hydrogen) atoms. The number of rotatable bonds is 5. The molecule has 1 aromatic carbocycles. The molecule has 2 heterocycles. The van der Waals surface area contributed by atoms with E-state index in [0.29, 0.717) is 34.0 Å². The summed E-state index contributed by atoms with van der Waals surface area (Å²) in [5, 5.41) is 16.8. The third-order valence-corrected chi connectivity index (χ3v) is 5.01. The quantitative estimate of drug-likeness (QED) is 0.677. The summed E-state index contributed by atoms with van der Waals surface area (Å²) in [5.74, 6) is -0.955. The number of fused-ring (bicyclic) bond motifs is 1. The Kier molecular flexibility index (Phi) is 4.37. The number of anilines is 1. The van der Waals surface area contributed by atoms with E-state index >= 15 is 0 Å². The molecule has 1 aliphatic rings. The van der Waals surface area contributed by atoms with Gasteiger partial charge in [0.15, 0.2) is 0 Å². The van der Waals surface area contributed by atoms with Crippen molar-refractivity contribution in [2.75, 3.05) is 5.32 Å². The van der Waals surface area contributed by atoms with Gasteiger partial charge in [0.1, 0.15) is 0 Å². The third-order valence-electron chi connectivity index (χ3n) is 5.01. The van der Waals surface area contributed by atoms with Crippen LogP contribution >= 0.6 is 0 Å². The van der Waals surface area contributed by atoms with Gasteiger partial charge in [-0.05, 0) is 49.4 Å². The van der Waals surface area contributed by atoms with Crippen LogP contribution < -0.4 is 5.32 Å². The number of nitrogens with one attached hydrogen (secondary N) is 1. The van der Waals surface area contributed by atoms with Crippen molar-refractivity contribution in [1.82, 2.24) is 10.1 Å². The normalized spacial score (nSPS) is 13.9. The predicted molar refractivity (Wildman–Crippen MR) is 104 cm³/mol. The zero-order chi connectivity index (χ0) is 20.0. The number of carboxylic acid groups (broad SMARTS) is 1. The second-order valence-corrected chi connectivity index (χ2v) is 7.56. The Bertz CT molecular complexity index is 1100. The molecule has 1 saturated carbocycles. The van der Waals surface area contributed by atoms with Crippen molar-refractivity contribution in [3.05, 3.63) is 52.3 Å². The first-order valence-corrected chi connectivity index (χ1v) is 9.30. The van der Waals surface area contributed by atoms with Crippen LogP contribution in [0.4, 0.5) is 5.69 Å². The van der Waals surface area contributed by atoms with E-state index in [2.05, 4.69) is 15.5 Å². The van der Waals surface area contributed by atoms with E-state index in [1.807, 2.05) is 26.8 Å². The molecule has 0 spiro atoms. The maximum atomic E-state index is 13.2. The lowest BCUT2D eigenvalue weighted by Crippen LogP contribution is -2.15. The number of amides is 1. The molecular formula is C21H21N3O4.